The highest BCUT2D eigenvalue weighted by Gasteiger charge is 2.13. The van der Waals surface area contributed by atoms with Crippen LogP contribution in [0.1, 0.15) is 100 Å². The first-order chi connectivity index (χ1) is 18.0. The maximum absolute atomic E-state index is 11.7. The van der Waals surface area contributed by atoms with Gasteiger partial charge in [0.2, 0.25) is 0 Å². The second-order valence-electron chi connectivity index (χ2n) is 9.71. The van der Waals surface area contributed by atoms with Crippen molar-refractivity contribution < 1.29 is 24.5 Å². The summed E-state index contributed by atoms with van der Waals surface area (Å²) in [6, 6.07) is 12.9. The lowest BCUT2D eigenvalue weighted by atomic mass is 9.99. The van der Waals surface area contributed by atoms with Gasteiger partial charge in [-0.05, 0) is 55.9 Å². The quantitative estimate of drug-likeness (QED) is 0.0739. The fraction of sp³-hybridized carbons (Fsp3) is 0.484. The van der Waals surface area contributed by atoms with E-state index in [1.54, 1.807) is 24.3 Å². The van der Waals surface area contributed by atoms with E-state index in [4.69, 9.17) is 15.6 Å². The predicted molar refractivity (Wildman–Crippen MR) is 149 cm³/mol. The number of esters is 1. The van der Waals surface area contributed by atoms with Gasteiger partial charge in [0.05, 0.1) is 0 Å². The number of benzene rings is 2. The van der Waals surface area contributed by atoms with Gasteiger partial charge in [0.15, 0.2) is 0 Å². The second kappa shape index (κ2) is 18.0. The molecule has 0 aliphatic heterocycles. The zero-order valence-corrected chi connectivity index (χ0v) is 21.9. The number of nitrogens with two attached hydrogens (primary N) is 1. The number of carbonyl (C=O) groups is 2. The Bertz CT molecular complexity index is 957. The van der Waals surface area contributed by atoms with Gasteiger partial charge in [0, 0.05) is 18.2 Å². The molecule has 2 aromatic rings. The number of hydrogen-bond acceptors (Lipinski definition) is 5. The Labute approximate surface area is 221 Å². The molecule has 0 amide bonds. The highest BCUT2D eigenvalue weighted by molar-refractivity contribution is 5.94. The van der Waals surface area contributed by atoms with Crippen LogP contribution in [0.5, 0.6) is 11.5 Å². The first-order valence-electron chi connectivity index (χ1n) is 13.7. The minimum absolute atomic E-state index is 0.0862. The van der Waals surface area contributed by atoms with Gasteiger partial charge in [-0.1, -0.05) is 88.1 Å². The molecule has 6 nitrogen and oxygen atoms in total. The van der Waals surface area contributed by atoms with Crippen molar-refractivity contribution in [2.45, 2.75) is 89.9 Å². The van der Waals surface area contributed by atoms with Crippen molar-refractivity contribution in [1.29, 1.82) is 0 Å². The molecule has 37 heavy (non-hydrogen) atoms. The van der Waals surface area contributed by atoms with Gasteiger partial charge in [-0.15, -0.1) is 0 Å². The van der Waals surface area contributed by atoms with E-state index in [9.17, 15) is 14.7 Å². The van der Waals surface area contributed by atoms with Gasteiger partial charge in [-0.3, -0.25) is 4.79 Å². The van der Waals surface area contributed by atoms with E-state index in [2.05, 4.69) is 12.2 Å². The van der Waals surface area contributed by atoms with Crippen LogP contribution in [0.3, 0.4) is 0 Å². The molecule has 0 saturated carbocycles. The molecule has 0 aromatic heterocycles. The molecule has 1 aliphatic carbocycles. The summed E-state index contributed by atoms with van der Waals surface area (Å²) in [5, 5.41) is 18.1. The number of carbonyl (C=O) groups excluding carboxylic acids is 1. The van der Waals surface area contributed by atoms with Crippen LogP contribution in [-0.2, 0) is 4.79 Å². The summed E-state index contributed by atoms with van der Waals surface area (Å²) in [6.45, 7) is 0. The fourth-order valence-corrected chi connectivity index (χ4v) is 4.40. The lowest BCUT2D eigenvalue weighted by Gasteiger charge is -2.06. The van der Waals surface area contributed by atoms with E-state index >= 15 is 0 Å². The summed E-state index contributed by atoms with van der Waals surface area (Å²) < 4.78 is 5.08. The number of ether oxygens (including phenoxy) is 1. The monoisotopic (exact) mass is 509 g/mol. The molecule has 0 bridgehead atoms. The topological polar surface area (TPSA) is 110 Å². The van der Waals surface area contributed by atoms with Gasteiger partial charge >= 0.3 is 11.9 Å². The van der Waals surface area contributed by atoms with Crippen molar-refractivity contribution in [1.82, 2.24) is 0 Å². The zero-order chi connectivity index (χ0) is 26.7. The molecule has 202 valence electrons. The van der Waals surface area contributed by atoms with Gasteiger partial charge in [-0.2, -0.15) is 0 Å². The molecular formula is C31H43NO5. The summed E-state index contributed by atoms with van der Waals surface area (Å²) >= 11 is 0. The Kier molecular flexibility index (Phi) is 14.6. The SMILES string of the molecule is Nc1ccc(C(=O)Oc2ccccc2)c(O)c1.O=C(O)CCCCCCCCCCCCC1C=CCC1. The molecule has 0 heterocycles. The minimum atomic E-state index is -0.655. The molecule has 0 radical (unpaired) electrons. The number of phenolic OH excluding ortho intramolecular Hbond substituents is 1. The van der Waals surface area contributed by atoms with Crippen LogP contribution in [0, 0.1) is 5.92 Å². The number of hydrogen-bond donors (Lipinski definition) is 3. The van der Waals surface area contributed by atoms with E-state index in [1.165, 1.54) is 88.8 Å². The summed E-state index contributed by atoms with van der Waals surface area (Å²) in [6.07, 6.45) is 21.9. The Balaban J connectivity index is 0.000000263. The maximum atomic E-state index is 11.7. The second-order valence-corrected chi connectivity index (χ2v) is 9.71. The first kappa shape index (κ1) is 29.9. The smallest absolute Gasteiger partial charge is 0.347 e. The third-order valence-corrected chi connectivity index (χ3v) is 6.52. The van der Waals surface area contributed by atoms with Crippen LogP contribution in [0.2, 0.25) is 0 Å². The van der Waals surface area contributed by atoms with E-state index in [1.807, 2.05) is 6.07 Å². The minimum Gasteiger partial charge on any atom is -0.507 e. The van der Waals surface area contributed by atoms with Crippen LogP contribution < -0.4 is 10.5 Å². The lowest BCUT2D eigenvalue weighted by molar-refractivity contribution is -0.137. The summed E-state index contributed by atoms with van der Waals surface area (Å²) in [5.74, 6) is -0.146. The average Bonchev–Trinajstić information content (AvgIpc) is 3.39. The fourth-order valence-electron chi connectivity index (χ4n) is 4.40. The number of carboxylic acid groups (broad SMARTS) is 1. The van der Waals surface area contributed by atoms with Gasteiger partial charge < -0.3 is 20.7 Å². The average molecular weight is 510 g/mol. The highest BCUT2D eigenvalue weighted by Crippen LogP contribution is 2.24. The van der Waals surface area contributed by atoms with Crippen molar-refractivity contribution in [2.75, 3.05) is 5.73 Å². The van der Waals surface area contributed by atoms with Gasteiger partial charge in [-0.25, -0.2) is 4.79 Å². The summed E-state index contributed by atoms with van der Waals surface area (Å²) in [7, 11) is 0. The molecule has 1 aliphatic rings. The number of carboxylic acids is 1. The third-order valence-electron chi connectivity index (χ3n) is 6.52. The third kappa shape index (κ3) is 13.6. The molecule has 0 spiro atoms. The predicted octanol–water partition coefficient (Wildman–Crippen LogP) is 7.91. The van der Waals surface area contributed by atoms with E-state index in [0.29, 0.717) is 17.9 Å². The number of nitrogen functional groups attached to an aromatic ring is 1. The Hall–Kier alpha value is -3.28. The van der Waals surface area contributed by atoms with Crippen molar-refractivity contribution in [3.8, 4) is 11.5 Å². The number of unbranched alkanes of at least 4 members (excludes halogenated alkanes) is 9. The van der Waals surface area contributed by atoms with Crippen LogP contribution >= 0.6 is 0 Å². The van der Waals surface area contributed by atoms with Crippen molar-refractivity contribution in [3.63, 3.8) is 0 Å². The van der Waals surface area contributed by atoms with Gasteiger partial charge in [0.1, 0.15) is 17.1 Å². The molecule has 2 aromatic carbocycles. The Morgan fingerprint density at radius 1 is 0.865 bits per heavy atom. The summed E-state index contributed by atoms with van der Waals surface area (Å²) in [5.41, 5.74) is 5.94. The standard InChI is InChI=1S/C18H32O2.C13H11NO3/c19-18(20)16-10-8-6-4-2-1-3-5-7-9-13-17-14-11-12-15-17;14-9-6-7-11(12(15)8-9)13(16)17-10-4-2-1-3-5-10/h11,14,17H,1-10,12-13,15-16H2,(H,19,20);1-8,15H,14H2. The number of rotatable bonds is 15. The van der Waals surface area contributed by atoms with Crippen molar-refractivity contribution in [3.05, 3.63) is 66.2 Å². The maximum Gasteiger partial charge on any atom is 0.347 e. The molecule has 1 atom stereocenters. The Morgan fingerprint density at radius 3 is 2.05 bits per heavy atom. The normalized spacial score (nSPS) is 14.1. The number of allylic oxidation sites excluding steroid dienone is 2. The zero-order valence-electron chi connectivity index (χ0n) is 21.9. The molecule has 1 unspecified atom stereocenters. The van der Waals surface area contributed by atoms with E-state index < -0.39 is 11.9 Å². The van der Waals surface area contributed by atoms with Gasteiger partial charge in [0.25, 0.3) is 0 Å². The largest absolute Gasteiger partial charge is 0.507 e. The van der Waals surface area contributed by atoms with E-state index in [0.717, 1.165) is 18.8 Å². The number of aromatic hydroxyl groups is 1. The van der Waals surface area contributed by atoms with E-state index in [-0.39, 0.29) is 11.3 Å². The number of anilines is 1. The van der Waals surface area contributed by atoms with Crippen LogP contribution in [0.4, 0.5) is 5.69 Å². The van der Waals surface area contributed by atoms with Crippen LogP contribution in [0.25, 0.3) is 0 Å². The highest BCUT2D eigenvalue weighted by atomic mass is 16.5. The number of phenols is 1. The number of para-hydroxylation sites is 1. The van der Waals surface area contributed by atoms with Crippen LogP contribution in [0.15, 0.2) is 60.7 Å². The molecular weight excluding hydrogens is 466 g/mol. The molecule has 6 heteroatoms. The number of aliphatic carboxylic acids is 1. The van der Waals surface area contributed by atoms with Crippen molar-refractivity contribution in [2.24, 2.45) is 5.92 Å². The van der Waals surface area contributed by atoms with Crippen LogP contribution in [-0.4, -0.2) is 22.2 Å². The molecule has 3 rings (SSSR count). The molecule has 4 N–H and O–H groups in total. The van der Waals surface area contributed by atoms with Crippen molar-refractivity contribution >= 4 is 17.6 Å². The molecule has 0 saturated heterocycles. The Morgan fingerprint density at radius 2 is 1.49 bits per heavy atom. The molecule has 0 fully saturated rings. The lowest BCUT2D eigenvalue weighted by Crippen LogP contribution is -2.08. The summed E-state index contributed by atoms with van der Waals surface area (Å²) in [4.78, 5) is 22.1. The first-order valence-corrected chi connectivity index (χ1v) is 13.7.